The molecular formula is C20H26N4O6S. The van der Waals surface area contributed by atoms with Crippen molar-refractivity contribution in [2.24, 2.45) is 0 Å². The first kappa shape index (κ1) is 22.6. The van der Waals surface area contributed by atoms with Crippen molar-refractivity contribution >= 4 is 16.1 Å². The van der Waals surface area contributed by atoms with E-state index in [1.807, 2.05) is 6.07 Å². The first-order valence-corrected chi connectivity index (χ1v) is 11.1. The number of sulfonamides is 1. The van der Waals surface area contributed by atoms with Gasteiger partial charge in [-0.25, -0.2) is 18.2 Å². The molecule has 1 aliphatic rings. The molecule has 2 amide bonds. The predicted molar refractivity (Wildman–Crippen MR) is 113 cm³/mol. The molecule has 0 radical (unpaired) electrons. The third kappa shape index (κ3) is 5.00. The fourth-order valence-corrected chi connectivity index (χ4v) is 4.87. The van der Waals surface area contributed by atoms with Crippen molar-refractivity contribution in [2.45, 2.75) is 11.4 Å². The normalized spacial score (nSPS) is 14.7. The molecule has 0 spiro atoms. The molecule has 1 aromatic heterocycles. The van der Waals surface area contributed by atoms with Gasteiger partial charge in [-0.15, -0.1) is 0 Å². The van der Waals surface area contributed by atoms with E-state index < -0.39 is 10.0 Å². The van der Waals surface area contributed by atoms with Crippen LogP contribution >= 0.6 is 0 Å². The number of carbonyl (C=O) groups is 1. The lowest BCUT2D eigenvalue weighted by Gasteiger charge is -2.34. The van der Waals surface area contributed by atoms with Crippen LogP contribution in [0.3, 0.4) is 0 Å². The lowest BCUT2D eigenvalue weighted by atomic mass is 10.2. The number of aromatic nitrogens is 1. The summed E-state index contributed by atoms with van der Waals surface area (Å²) in [6.07, 6.45) is 1.61. The van der Waals surface area contributed by atoms with Crippen molar-refractivity contribution in [3.8, 4) is 17.4 Å². The number of hydrogen-bond donors (Lipinski definition) is 1. The fraction of sp³-hybridized carbons (Fsp3) is 0.400. The molecule has 1 fully saturated rings. The van der Waals surface area contributed by atoms with Gasteiger partial charge >= 0.3 is 6.03 Å². The molecule has 1 N–H and O–H groups in total. The van der Waals surface area contributed by atoms with Crippen LogP contribution in [-0.4, -0.2) is 76.1 Å². The summed E-state index contributed by atoms with van der Waals surface area (Å²) < 4.78 is 43.2. The minimum Gasteiger partial charge on any atom is -0.497 e. The Bertz CT molecular complexity index is 1020. The van der Waals surface area contributed by atoms with Crippen molar-refractivity contribution in [1.29, 1.82) is 0 Å². The Labute approximate surface area is 181 Å². The van der Waals surface area contributed by atoms with Crippen LogP contribution in [0.5, 0.6) is 17.4 Å². The molecule has 1 aromatic carbocycles. The van der Waals surface area contributed by atoms with E-state index in [1.54, 1.807) is 29.3 Å². The van der Waals surface area contributed by atoms with Crippen molar-refractivity contribution in [2.75, 3.05) is 47.5 Å². The van der Waals surface area contributed by atoms with Crippen molar-refractivity contribution in [3.63, 3.8) is 0 Å². The first-order chi connectivity index (χ1) is 14.9. The molecule has 10 nitrogen and oxygen atoms in total. The second kappa shape index (κ2) is 9.84. The van der Waals surface area contributed by atoms with Gasteiger partial charge < -0.3 is 24.4 Å². The second-order valence-electron chi connectivity index (χ2n) is 6.74. The standard InChI is InChI=1S/C20H26N4O6S/c1-28-16-6-7-17(29-2)18(13-16)31(26,27)24-11-9-23(10-12-24)20(25)22-14-15-5-4-8-21-19(15)30-3/h4-8,13H,9-12,14H2,1-3H3,(H,22,25). The van der Waals surface area contributed by atoms with Crippen LogP contribution in [-0.2, 0) is 16.6 Å². The molecule has 31 heavy (non-hydrogen) atoms. The van der Waals surface area contributed by atoms with E-state index in [1.165, 1.54) is 31.7 Å². The smallest absolute Gasteiger partial charge is 0.317 e. The summed E-state index contributed by atoms with van der Waals surface area (Å²) in [5, 5.41) is 2.82. The first-order valence-electron chi connectivity index (χ1n) is 9.63. The summed E-state index contributed by atoms with van der Waals surface area (Å²) in [6.45, 7) is 1.14. The molecule has 0 bridgehead atoms. The molecule has 1 aliphatic heterocycles. The molecule has 2 heterocycles. The van der Waals surface area contributed by atoms with E-state index in [9.17, 15) is 13.2 Å². The number of hydrogen-bond acceptors (Lipinski definition) is 7. The lowest BCUT2D eigenvalue weighted by molar-refractivity contribution is 0.171. The molecule has 1 saturated heterocycles. The van der Waals surface area contributed by atoms with Gasteiger partial charge in [0.2, 0.25) is 15.9 Å². The predicted octanol–water partition coefficient (Wildman–Crippen LogP) is 1.32. The average molecular weight is 451 g/mol. The molecule has 0 aliphatic carbocycles. The van der Waals surface area contributed by atoms with E-state index >= 15 is 0 Å². The topological polar surface area (TPSA) is 110 Å². The monoisotopic (exact) mass is 450 g/mol. The van der Waals surface area contributed by atoms with E-state index in [0.717, 1.165) is 5.56 Å². The minimum atomic E-state index is -3.81. The van der Waals surface area contributed by atoms with E-state index in [-0.39, 0.29) is 49.4 Å². The third-order valence-corrected chi connectivity index (χ3v) is 6.91. The number of nitrogens with one attached hydrogen (secondary N) is 1. The fourth-order valence-electron chi connectivity index (χ4n) is 3.28. The maximum absolute atomic E-state index is 13.1. The van der Waals surface area contributed by atoms with E-state index in [4.69, 9.17) is 14.2 Å². The maximum atomic E-state index is 13.1. The van der Waals surface area contributed by atoms with Gasteiger partial charge in [-0.1, -0.05) is 6.07 Å². The summed E-state index contributed by atoms with van der Waals surface area (Å²) >= 11 is 0. The summed E-state index contributed by atoms with van der Waals surface area (Å²) in [4.78, 5) is 18.2. The Morgan fingerprint density at radius 1 is 1.06 bits per heavy atom. The Balaban J connectivity index is 1.63. The zero-order chi connectivity index (χ0) is 22.4. The van der Waals surface area contributed by atoms with Crippen molar-refractivity contribution < 1.29 is 27.4 Å². The van der Waals surface area contributed by atoms with Gasteiger partial charge in [0.25, 0.3) is 0 Å². The van der Waals surface area contributed by atoms with Crippen LogP contribution in [0.4, 0.5) is 4.79 Å². The number of benzene rings is 1. The average Bonchev–Trinajstić information content (AvgIpc) is 2.82. The number of pyridine rings is 1. The molecular weight excluding hydrogens is 424 g/mol. The molecule has 11 heteroatoms. The van der Waals surface area contributed by atoms with Gasteiger partial charge in [0.1, 0.15) is 16.4 Å². The Morgan fingerprint density at radius 2 is 1.81 bits per heavy atom. The molecule has 0 unspecified atom stereocenters. The molecule has 3 rings (SSSR count). The third-order valence-electron chi connectivity index (χ3n) is 4.99. The van der Waals surface area contributed by atoms with E-state index in [0.29, 0.717) is 11.6 Å². The number of carbonyl (C=O) groups excluding carboxylic acids is 1. The van der Waals surface area contributed by atoms with Crippen LogP contribution in [0.25, 0.3) is 0 Å². The maximum Gasteiger partial charge on any atom is 0.317 e. The summed E-state index contributed by atoms with van der Waals surface area (Å²) in [5.41, 5.74) is 0.754. The van der Waals surface area contributed by atoms with Gasteiger partial charge in [-0.05, 0) is 18.2 Å². The van der Waals surface area contributed by atoms with Gasteiger partial charge in [0, 0.05) is 50.6 Å². The zero-order valence-electron chi connectivity index (χ0n) is 17.7. The van der Waals surface area contributed by atoms with Gasteiger partial charge in [-0.2, -0.15) is 4.31 Å². The van der Waals surface area contributed by atoms with Crippen LogP contribution < -0.4 is 19.5 Å². The number of methoxy groups -OCH3 is 3. The lowest BCUT2D eigenvalue weighted by Crippen LogP contribution is -2.53. The molecule has 168 valence electrons. The summed E-state index contributed by atoms with van der Waals surface area (Å²) in [6, 6.07) is 7.94. The number of piperazine rings is 1. The SMILES string of the molecule is COc1ccc(OC)c(S(=O)(=O)N2CCN(C(=O)NCc3cccnc3OC)CC2)c1. The van der Waals surface area contributed by atoms with Crippen molar-refractivity contribution in [1.82, 2.24) is 19.5 Å². The molecule has 0 saturated carbocycles. The Kier molecular flexibility index (Phi) is 7.18. The summed E-state index contributed by atoms with van der Waals surface area (Å²) in [7, 11) is 0.599. The van der Waals surface area contributed by atoms with Crippen LogP contribution in [0.15, 0.2) is 41.4 Å². The van der Waals surface area contributed by atoms with Gasteiger partial charge in [0.15, 0.2) is 0 Å². The Hall–Kier alpha value is -3.05. The van der Waals surface area contributed by atoms with Crippen LogP contribution in [0.1, 0.15) is 5.56 Å². The zero-order valence-corrected chi connectivity index (χ0v) is 18.5. The molecule has 2 aromatic rings. The highest BCUT2D eigenvalue weighted by atomic mass is 32.2. The van der Waals surface area contributed by atoms with E-state index in [2.05, 4.69) is 10.3 Å². The van der Waals surface area contributed by atoms with Crippen LogP contribution in [0.2, 0.25) is 0 Å². The summed E-state index contributed by atoms with van der Waals surface area (Å²) in [5.74, 6) is 1.11. The quantitative estimate of drug-likeness (QED) is 0.677. The van der Waals surface area contributed by atoms with Gasteiger partial charge in [-0.3, -0.25) is 0 Å². The highest BCUT2D eigenvalue weighted by Gasteiger charge is 2.32. The number of nitrogens with zero attached hydrogens (tertiary/aromatic N) is 3. The highest BCUT2D eigenvalue weighted by molar-refractivity contribution is 7.89. The second-order valence-corrected chi connectivity index (χ2v) is 8.64. The number of ether oxygens (including phenoxy) is 3. The highest BCUT2D eigenvalue weighted by Crippen LogP contribution is 2.31. The van der Waals surface area contributed by atoms with Crippen molar-refractivity contribution in [3.05, 3.63) is 42.1 Å². The number of urea groups is 1. The number of amides is 2. The molecule has 0 atom stereocenters. The largest absolute Gasteiger partial charge is 0.497 e. The van der Waals surface area contributed by atoms with Crippen LogP contribution in [0, 0.1) is 0 Å². The van der Waals surface area contributed by atoms with Gasteiger partial charge in [0.05, 0.1) is 21.3 Å². The number of rotatable bonds is 7. The Morgan fingerprint density at radius 3 is 2.45 bits per heavy atom. The minimum absolute atomic E-state index is 0.0379.